The van der Waals surface area contributed by atoms with Gasteiger partial charge in [0.15, 0.2) is 0 Å². The van der Waals surface area contributed by atoms with E-state index in [1.165, 1.54) is 6.42 Å². The van der Waals surface area contributed by atoms with E-state index in [2.05, 4.69) is 48.8 Å². The van der Waals surface area contributed by atoms with Gasteiger partial charge in [0.05, 0.1) is 11.4 Å². The zero-order valence-corrected chi connectivity index (χ0v) is 16.3. The maximum atomic E-state index is 12.5. The number of amides is 1. The normalized spacial score (nSPS) is 17.6. The van der Waals surface area contributed by atoms with E-state index in [-0.39, 0.29) is 5.91 Å². The molecule has 1 amide bonds. The second-order valence-electron chi connectivity index (χ2n) is 7.31. The predicted molar refractivity (Wildman–Crippen MR) is 107 cm³/mol. The highest BCUT2D eigenvalue weighted by Crippen LogP contribution is 2.26. The molecule has 2 N–H and O–H groups in total. The van der Waals surface area contributed by atoms with Crippen LogP contribution in [0.2, 0.25) is 0 Å². The van der Waals surface area contributed by atoms with Crippen LogP contribution >= 0.6 is 0 Å². The Bertz CT molecular complexity index is 552. The van der Waals surface area contributed by atoms with Crippen LogP contribution in [0.1, 0.15) is 64.9 Å². The van der Waals surface area contributed by atoms with Crippen LogP contribution in [0.3, 0.4) is 0 Å². The van der Waals surface area contributed by atoms with Gasteiger partial charge in [0.25, 0.3) is 0 Å². The molecule has 0 aliphatic carbocycles. The number of nitrogens with two attached hydrogens (primary N) is 1. The first-order valence-corrected chi connectivity index (χ1v) is 9.99. The Morgan fingerprint density at radius 1 is 1.24 bits per heavy atom. The molecule has 1 aliphatic heterocycles. The molecule has 0 spiro atoms. The molecule has 1 aliphatic rings. The van der Waals surface area contributed by atoms with E-state index in [1.54, 1.807) is 0 Å². The van der Waals surface area contributed by atoms with Crippen LogP contribution in [-0.4, -0.2) is 36.5 Å². The van der Waals surface area contributed by atoms with Crippen molar-refractivity contribution < 1.29 is 4.79 Å². The number of nitrogens with zero attached hydrogens (tertiary/aromatic N) is 2. The maximum absolute atomic E-state index is 12.5. The van der Waals surface area contributed by atoms with Crippen LogP contribution in [0, 0.1) is 0 Å². The summed E-state index contributed by atoms with van der Waals surface area (Å²) >= 11 is 0. The summed E-state index contributed by atoms with van der Waals surface area (Å²) < 4.78 is 0. The molecule has 4 heteroatoms. The first kappa shape index (κ1) is 19.6. The Labute approximate surface area is 153 Å². The largest absolute Gasteiger partial charge is 0.397 e. The number of piperidine rings is 1. The first-order valence-electron chi connectivity index (χ1n) is 9.99. The SMILES string of the molecule is CCCN(CCC)c1ccc(CCC(=O)N2CCCCC2C)cc1N. The monoisotopic (exact) mass is 345 g/mol. The highest BCUT2D eigenvalue weighted by atomic mass is 16.2. The van der Waals surface area contributed by atoms with Gasteiger partial charge in [-0.1, -0.05) is 19.9 Å². The molecule has 4 nitrogen and oxygen atoms in total. The van der Waals surface area contributed by atoms with Crippen molar-refractivity contribution in [3.05, 3.63) is 23.8 Å². The Kier molecular flexibility index (Phi) is 7.60. The van der Waals surface area contributed by atoms with Crippen molar-refractivity contribution in [2.75, 3.05) is 30.3 Å². The number of rotatable bonds is 8. The maximum Gasteiger partial charge on any atom is 0.223 e. The van der Waals surface area contributed by atoms with Crippen molar-refractivity contribution in [1.29, 1.82) is 0 Å². The van der Waals surface area contributed by atoms with Crippen LogP contribution in [0.5, 0.6) is 0 Å². The van der Waals surface area contributed by atoms with Gasteiger partial charge in [-0.3, -0.25) is 4.79 Å². The summed E-state index contributed by atoms with van der Waals surface area (Å²) in [6.07, 6.45) is 7.10. The molecule has 1 fully saturated rings. The van der Waals surface area contributed by atoms with Gasteiger partial charge in [0.2, 0.25) is 5.91 Å². The molecule has 0 bridgehead atoms. The summed E-state index contributed by atoms with van der Waals surface area (Å²) in [7, 11) is 0. The second kappa shape index (κ2) is 9.69. The number of carbonyl (C=O) groups excluding carboxylic acids is 1. The van der Waals surface area contributed by atoms with E-state index in [9.17, 15) is 4.79 Å². The number of likely N-dealkylation sites (tertiary alicyclic amines) is 1. The quantitative estimate of drug-likeness (QED) is 0.717. The third kappa shape index (κ3) is 5.38. The second-order valence-corrected chi connectivity index (χ2v) is 7.31. The van der Waals surface area contributed by atoms with Crippen LogP contribution < -0.4 is 10.6 Å². The lowest BCUT2D eigenvalue weighted by molar-refractivity contribution is -0.134. The van der Waals surface area contributed by atoms with Crippen molar-refractivity contribution in [2.45, 2.75) is 71.8 Å². The minimum Gasteiger partial charge on any atom is -0.397 e. The van der Waals surface area contributed by atoms with Gasteiger partial charge in [0.1, 0.15) is 0 Å². The fourth-order valence-electron chi connectivity index (χ4n) is 3.80. The molecule has 1 aromatic carbocycles. The fraction of sp³-hybridized carbons (Fsp3) is 0.667. The summed E-state index contributed by atoms with van der Waals surface area (Å²) in [5.74, 6) is 0.286. The number of carbonyl (C=O) groups is 1. The van der Waals surface area contributed by atoms with Crippen molar-refractivity contribution >= 4 is 17.3 Å². The number of hydrogen-bond donors (Lipinski definition) is 1. The molecule has 1 saturated heterocycles. The average molecular weight is 346 g/mol. The third-order valence-electron chi connectivity index (χ3n) is 5.17. The van der Waals surface area contributed by atoms with Gasteiger partial charge in [-0.15, -0.1) is 0 Å². The van der Waals surface area contributed by atoms with Crippen LogP contribution in [0.4, 0.5) is 11.4 Å². The van der Waals surface area contributed by atoms with Gasteiger partial charge in [-0.05, 0) is 63.1 Å². The Morgan fingerprint density at radius 2 is 1.96 bits per heavy atom. The lowest BCUT2D eigenvalue weighted by atomic mass is 10.0. The molecule has 1 aromatic rings. The van der Waals surface area contributed by atoms with Crippen LogP contribution in [0.25, 0.3) is 0 Å². The zero-order valence-electron chi connectivity index (χ0n) is 16.3. The van der Waals surface area contributed by atoms with Gasteiger partial charge >= 0.3 is 0 Å². The van der Waals surface area contributed by atoms with Crippen LogP contribution in [-0.2, 0) is 11.2 Å². The minimum absolute atomic E-state index is 0.286. The first-order chi connectivity index (χ1) is 12.1. The van der Waals surface area contributed by atoms with E-state index in [0.717, 1.165) is 68.7 Å². The number of hydrogen-bond acceptors (Lipinski definition) is 3. The molecule has 1 atom stereocenters. The highest BCUT2D eigenvalue weighted by Gasteiger charge is 2.22. The molecule has 0 aromatic heterocycles. The topological polar surface area (TPSA) is 49.6 Å². The van der Waals surface area contributed by atoms with E-state index < -0.39 is 0 Å². The third-order valence-corrected chi connectivity index (χ3v) is 5.17. The van der Waals surface area contributed by atoms with Crippen molar-refractivity contribution in [3.8, 4) is 0 Å². The molecular formula is C21H35N3O. The summed E-state index contributed by atoms with van der Waals surface area (Å²) in [6, 6.07) is 6.71. The summed E-state index contributed by atoms with van der Waals surface area (Å²) in [5, 5.41) is 0. The lowest BCUT2D eigenvalue weighted by Gasteiger charge is -2.33. The minimum atomic E-state index is 0.286. The standard InChI is InChI=1S/C21H35N3O/c1-4-13-23(14-5-2)20-11-9-18(16-19(20)22)10-12-21(25)24-15-7-6-8-17(24)3/h9,11,16-17H,4-8,10,12-15,22H2,1-3H3. The Morgan fingerprint density at radius 3 is 2.56 bits per heavy atom. The molecule has 140 valence electrons. The predicted octanol–water partition coefficient (Wildman–Crippen LogP) is 4.23. The molecule has 25 heavy (non-hydrogen) atoms. The molecular weight excluding hydrogens is 310 g/mol. The van der Waals surface area contributed by atoms with Crippen molar-refractivity contribution in [2.24, 2.45) is 0 Å². The summed E-state index contributed by atoms with van der Waals surface area (Å²) in [6.45, 7) is 9.54. The molecule has 1 unspecified atom stereocenters. The lowest BCUT2D eigenvalue weighted by Crippen LogP contribution is -2.42. The number of aryl methyl sites for hydroxylation is 1. The number of anilines is 2. The smallest absolute Gasteiger partial charge is 0.223 e. The fourth-order valence-corrected chi connectivity index (χ4v) is 3.80. The Balaban J connectivity index is 1.96. The summed E-state index contributed by atoms with van der Waals surface area (Å²) in [5.41, 5.74) is 9.44. The van der Waals surface area contributed by atoms with Gasteiger partial charge < -0.3 is 15.5 Å². The van der Waals surface area contributed by atoms with E-state index in [1.807, 2.05) is 0 Å². The van der Waals surface area contributed by atoms with Gasteiger partial charge in [0, 0.05) is 32.1 Å². The highest BCUT2D eigenvalue weighted by molar-refractivity contribution is 5.77. The van der Waals surface area contributed by atoms with E-state index in [4.69, 9.17) is 5.73 Å². The molecule has 2 rings (SSSR count). The van der Waals surface area contributed by atoms with Crippen LogP contribution in [0.15, 0.2) is 18.2 Å². The summed E-state index contributed by atoms with van der Waals surface area (Å²) in [4.78, 5) is 16.9. The number of nitrogen functional groups attached to an aromatic ring is 1. The zero-order chi connectivity index (χ0) is 18.2. The number of benzene rings is 1. The van der Waals surface area contributed by atoms with Crippen molar-refractivity contribution in [1.82, 2.24) is 4.90 Å². The van der Waals surface area contributed by atoms with E-state index >= 15 is 0 Å². The molecule has 0 radical (unpaired) electrons. The molecule has 1 heterocycles. The van der Waals surface area contributed by atoms with Crippen molar-refractivity contribution in [3.63, 3.8) is 0 Å². The van der Waals surface area contributed by atoms with Gasteiger partial charge in [-0.25, -0.2) is 0 Å². The average Bonchev–Trinajstić information content (AvgIpc) is 2.60. The molecule has 0 saturated carbocycles. The Hall–Kier alpha value is -1.71. The van der Waals surface area contributed by atoms with Gasteiger partial charge in [-0.2, -0.15) is 0 Å². The van der Waals surface area contributed by atoms with E-state index in [0.29, 0.717) is 12.5 Å².